The van der Waals surface area contributed by atoms with Crippen molar-refractivity contribution < 1.29 is 23.8 Å². The van der Waals surface area contributed by atoms with Crippen LogP contribution in [0.4, 0.5) is 5.82 Å². The molecule has 0 saturated heterocycles. The monoisotopic (exact) mass is 402 g/mol. The predicted molar refractivity (Wildman–Crippen MR) is 102 cm³/mol. The normalized spacial score (nSPS) is 10.7. The van der Waals surface area contributed by atoms with Gasteiger partial charge in [-0.15, -0.1) is 0 Å². The van der Waals surface area contributed by atoms with Crippen molar-refractivity contribution in [2.45, 2.75) is 13.3 Å². The molecular weight excluding hydrogens is 388 g/mol. The van der Waals surface area contributed by atoms with Gasteiger partial charge in [-0.25, -0.2) is 9.78 Å². The molecular formula is C19H15ClN2O6. The first-order chi connectivity index (χ1) is 13.3. The van der Waals surface area contributed by atoms with E-state index < -0.39 is 17.3 Å². The van der Waals surface area contributed by atoms with Gasteiger partial charge < -0.3 is 19.6 Å². The molecule has 0 aliphatic rings. The predicted octanol–water partition coefficient (Wildman–Crippen LogP) is 2.86. The van der Waals surface area contributed by atoms with Gasteiger partial charge in [0.15, 0.2) is 23.4 Å². The molecule has 8 nitrogen and oxygen atoms in total. The number of methoxy groups -OCH3 is 1. The minimum Gasteiger partial charge on any atom is -0.504 e. The summed E-state index contributed by atoms with van der Waals surface area (Å²) in [6.07, 6.45) is 1.49. The Labute approximate surface area is 163 Å². The Hall–Kier alpha value is -3.39. The summed E-state index contributed by atoms with van der Waals surface area (Å²) >= 11 is 5.75. The fourth-order valence-electron chi connectivity index (χ4n) is 2.78. The highest BCUT2D eigenvalue weighted by atomic mass is 35.5. The van der Waals surface area contributed by atoms with Crippen molar-refractivity contribution in [1.29, 1.82) is 0 Å². The van der Waals surface area contributed by atoms with Gasteiger partial charge in [0.05, 0.1) is 24.1 Å². The Morgan fingerprint density at radius 3 is 2.79 bits per heavy atom. The topological polar surface area (TPSA) is 119 Å². The van der Waals surface area contributed by atoms with E-state index in [1.54, 1.807) is 13.0 Å². The third-order valence-corrected chi connectivity index (χ3v) is 4.44. The SMILES string of the molecule is COc1cc2c(C)c(CC(=O)Nc3ccc(Cl)cn3)c(=O)oc2c(C=O)c1O. The van der Waals surface area contributed by atoms with Gasteiger partial charge in [-0.1, -0.05) is 11.6 Å². The van der Waals surface area contributed by atoms with Gasteiger partial charge in [-0.3, -0.25) is 9.59 Å². The second kappa shape index (κ2) is 7.69. The van der Waals surface area contributed by atoms with Crippen LogP contribution < -0.4 is 15.7 Å². The van der Waals surface area contributed by atoms with Crippen molar-refractivity contribution in [3.8, 4) is 11.5 Å². The summed E-state index contributed by atoms with van der Waals surface area (Å²) in [6, 6.07) is 4.54. The molecule has 3 aromatic rings. The number of aldehydes is 1. The van der Waals surface area contributed by atoms with Crippen molar-refractivity contribution in [1.82, 2.24) is 4.98 Å². The number of phenols is 1. The van der Waals surface area contributed by atoms with Crippen molar-refractivity contribution >= 4 is 40.6 Å². The third kappa shape index (κ3) is 3.54. The number of halogens is 1. The highest BCUT2D eigenvalue weighted by molar-refractivity contribution is 6.30. The van der Waals surface area contributed by atoms with Crippen LogP contribution in [0.15, 0.2) is 33.6 Å². The highest BCUT2D eigenvalue weighted by Crippen LogP contribution is 2.36. The zero-order valence-electron chi connectivity index (χ0n) is 14.9. The molecule has 0 aliphatic heterocycles. The fourth-order valence-corrected chi connectivity index (χ4v) is 2.89. The number of ether oxygens (including phenoxy) is 1. The van der Waals surface area contributed by atoms with Crippen LogP contribution in [-0.2, 0) is 11.2 Å². The summed E-state index contributed by atoms with van der Waals surface area (Å²) in [6.45, 7) is 1.62. The molecule has 2 heterocycles. The molecule has 144 valence electrons. The molecule has 0 spiro atoms. The molecule has 0 unspecified atom stereocenters. The zero-order valence-corrected chi connectivity index (χ0v) is 15.7. The lowest BCUT2D eigenvalue weighted by Crippen LogP contribution is -2.21. The lowest BCUT2D eigenvalue weighted by molar-refractivity contribution is -0.115. The number of nitrogens with one attached hydrogen (secondary N) is 1. The molecule has 0 saturated carbocycles. The number of pyridine rings is 1. The quantitative estimate of drug-likeness (QED) is 0.497. The number of benzene rings is 1. The number of phenolic OH excluding ortho intramolecular Hbond substituents is 1. The molecule has 0 atom stereocenters. The lowest BCUT2D eigenvalue weighted by Gasteiger charge is -2.12. The van der Waals surface area contributed by atoms with Crippen LogP contribution in [0.1, 0.15) is 21.5 Å². The van der Waals surface area contributed by atoms with Crippen molar-refractivity contribution in [2.75, 3.05) is 12.4 Å². The van der Waals surface area contributed by atoms with Crippen molar-refractivity contribution in [3.05, 3.63) is 56.5 Å². The number of carbonyl (C=O) groups is 2. The van der Waals surface area contributed by atoms with Crippen molar-refractivity contribution in [2.24, 2.45) is 0 Å². The molecule has 0 bridgehead atoms. The van der Waals surface area contributed by atoms with Gasteiger partial charge >= 0.3 is 5.63 Å². The molecule has 2 N–H and O–H groups in total. The summed E-state index contributed by atoms with van der Waals surface area (Å²) in [5.74, 6) is -0.572. The van der Waals surface area contributed by atoms with E-state index in [1.165, 1.54) is 25.4 Å². The number of carbonyl (C=O) groups excluding carboxylic acids is 2. The molecule has 0 fully saturated rings. The third-order valence-electron chi connectivity index (χ3n) is 4.22. The average molecular weight is 403 g/mol. The Morgan fingerprint density at radius 2 is 2.18 bits per heavy atom. The Bertz CT molecular complexity index is 1140. The molecule has 2 aromatic heterocycles. The molecule has 0 aliphatic carbocycles. The number of hydrogen-bond acceptors (Lipinski definition) is 7. The van der Waals surface area contributed by atoms with Gasteiger partial charge in [0.1, 0.15) is 11.4 Å². The Balaban J connectivity index is 2.03. The largest absolute Gasteiger partial charge is 0.504 e. The van der Waals surface area contributed by atoms with E-state index in [0.29, 0.717) is 22.3 Å². The van der Waals surface area contributed by atoms with Crippen LogP contribution in [0.3, 0.4) is 0 Å². The zero-order chi connectivity index (χ0) is 20.4. The number of fused-ring (bicyclic) bond motifs is 1. The van der Waals surface area contributed by atoms with E-state index >= 15 is 0 Å². The standard InChI is InChI=1S/C19H15ClN2O6/c1-9-11-5-14(27-2)17(25)13(8-23)18(11)28-19(26)12(9)6-16(24)22-15-4-3-10(20)7-21-15/h3-5,7-8,25H,6H2,1-2H3,(H,21,22,24). The highest BCUT2D eigenvalue weighted by Gasteiger charge is 2.21. The Morgan fingerprint density at radius 1 is 1.43 bits per heavy atom. The van der Waals surface area contributed by atoms with Crippen LogP contribution in [0.5, 0.6) is 11.5 Å². The van der Waals surface area contributed by atoms with Gasteiger partial charge in [-0.05, 0) is 30.7 Å². The van der Waals surface area contributed by atoms with Crippen LogP contribution >= 0.6 is 11.6 Å². The number of rotatable bonds is 5. The summed E-state index contributed by atoms with van der Waals surface area (Å²) in [5, 5.41) is 13.4. The summed E-state index contributed by atoms with van der Waals surface area (Å²) in [5.41, 5.74) is -0.498. The number of nitrogens with zero attached hydrogens (tertiary/aromatic N) is 1. The maximum atomic E-state index is 12.4. The minimum absolute atomic E-state index is 0.0484. The van der Waals surface area contributed by atoms with Gasteiger partial charge in [0.2, 0.25) is 5.91 Å². The molecule has 28 heavy (non-hydrogen) atoms. The first kappa shape index (κ1) is 19.4. The van der Waals surface area contributed by atoms with Gasteiger partial charge in [0.25, 0.3) is 0 Å². The molecule has 3 rings (SSSR count). The number of aromatic hydroxyl groups is 1. The van der Waals surface area contributed by atoms with E-state index in [-0.39, 0.29) is 34.7 Å². The first-order valence-corrected chi connectivity index (χ1v) is 8.46. The van der Waals surface area contributed by atoms with Gasteiger partial charge in [-0.2, -0.15) is 0 Å². The molecule has 1 aromatic carbocycles. The van der Waals surface area contributed by atoms with E-state index in [4.69, 9.17) is 20.8 Å². The van der Waals surface area contributed by atoms with Crippen LogP contribution in [0.2, 0.25) is 5.02 Å². The van der Waals surface area contributed by atoms with Crippen LogP contribution in [-0.4, -0.2) is 29.4 Å². The molecule has 9 heteroatoms. The van der Waals surface area contributed by atoms with E-state index in [2.05, 4.69) is 10.3 Å². The summed E-state index contributed by atoms with van der Waals surface area (Å²) in [7, 11) is 1.33. The number of aryl methyl sites for hydroxylation is 1. The maximum Gasteiger partial charge on any atom is 0.340 e. The number of amides is 1. The Kier molecular flexibility index (Phi) is 5.32. The molecule has 1 amide bonds. The van der Waals surface area contributed by atoms with Crippen LogP contribution in [0.25, 0.3) is 11.0 Å². The van der Waals surface area contributed by atoms with Gasteiger partial charge in [0, 0.05) is 11.6 Å². The second-order valence-electron chi connectivity index (χ2n) is 5.92. The maximum absolute atomic E-state index is 12.4. The minimum atomic E-state index is -0.781. The fraction of sp³-hybridized carbons (Fsp3) is 0.158. The lowest BCUT2D eigenvalue weighted by atomic mass is 10.0. The van der Waals surface area contributed by atoms with E-state index in [0.717, 1.165) is 0 Å². The van der Waals surface area contributed by atoms with E-state index in [9.17, 15) is 19.5 Å². The first-order valence-electron chi connectivity index (χ1n) is 8.08. The van der Waals surface area contributed by atoms with E-state index in [1.807, 2.05) is 0 Å². The molecule has 0 radical (unpaired) electrons. The number of aromatic nitrogens is 1. The summed E-state index contributed by atoms with van der Waals surface area (Å²) < 4.78 is 10.3. The number of anilines is 1. The van der Waals surface area contributed by atoms with Crippen molar-refractivity contribution in [3.63, 3.8) is 0 Å². The average Bonchev–Trinajstić information content (AvgIpc) is 2.67. The van der Waals surface area contributed by atoms with Crippen LogP contribution in [0, 0.1) is 6.92 Å². The number of hydrogen-bond donors (Lipinski definition) is 2. The second-order valence-corrected chi connectivity index (χ2v) is 6.35. The summed E-state index contributed by atoms with van der Waals surface area (Å²) in [4.78, 5) is 40.1. The smallest absolute Gasteiger partial charge is 0.340 e.